The van der Waals surface area contributed by atoms with E-state index in [-0.39, 0.29) is 28.4 Å². The largest absolute Gasteiger partial charge is 0.384 e. The van der Waals surface area contributed by atoms with Gasteiger partial charge in [0.05, 0.1) is 10.7 Å². The van der Waals surface area contributed by atoms with Crippen LogP contribution in [0.3, 0.4) is 0 Å². The number of carbonyl (C=O) groups excluding carboxylic acids is 1. The van der Waals surface area contributed by atoms with Crippen molar-refractivity contribution in [1.29, 1.82) is 0 Å². The van der Waals surface area contributed by atoms with Gasteiger partial charge in [-0.1, -0.05) is 41.1 Å². The molecule has 0 aliphatic carbocycles. The lowest BCUT2D eigenvalue weighted by atomic mass is 10.1. The van der Waals surface area contributed by atoms with Crippen molar-refractivity contribution in [3.63, 3.8) is 0 Å². The molecule has 0 aliphatic heterocycles. The van der Waals surface area contributed by atoms with Crippen LogP contribution in [0.4, 0.5) is 5.69 Å². The fourth-order valence-electron chi connectivity index (χ4n) is 1.72. The minimum absolute atomic E-state index is 0.214. The highest BCUT2D eigenvalue weighted by Crippen LogP contribution is 2.23. The van der Waals surface area contributed by atoms with E-state index < -0.39 is 0 Å². The highest BCUT2D eigenvalue weighted by molar-refractivity contribution is 6.41. The van der Waals surface area contributed by atoms with E-state index in [0.717, 1.165) is 5.56 Å². The smallest absolute Gasteiger partial charge is 0.272 e. The Morgan fingerprint density at radius 3 is 2.76 bits per heavy atom. The number of carbonyl (C=O) groups is 1. The van der Waals surface area contributed by atoms with Crippen LogP contribution < -0.4 is 5.32 Å². The molecule has 4 nitrogen and oxygen atoms in total. The Balaban J connectivity index is 2.28. The third kappa shape index (κ3) is 3.79. The molecule has 2 aromatic rings. The Morgan fingerprint density at radius 1 is 1.38 bits per heavy atom. The van der Waals surface area contributed by atoms with Crippen molar-refractivity contribution in [2.45, 2.75) is 6.92 Å². The van der Waals surface area contributed by atoms with Gasteiger partial charge < -0.3 is 15.4 Å². The van der Waals surface area contributed by atoms with Crippen LogP contribution in [-0.4, -0.2) is 22.6 Å². The summed E-state index contributed by atoms with van der Waals surface area (Å²) in [5.41, 5.74) is 2.43. The number of aliphatic hydroxyl groups excluding tert-OH is 1. The molecule has 1 aromatic heterocycles. The predicted octanol–water partition coefficient (Wildman–Crippen LogP) is 3.23. The van der Waals surface area contributed by atoms with Gasteiger partial charge in [-0.2, -0.15) is 0 Å². The zero-order valence-corrected chi connectivity index (χ0v) is 12.6. The Labute approximate surface area is 132 Å². The predicted molar refractivity (Wildman–Crippen MR) is 83.9 cm³/mol. The minimum Gasteiger partial charge on any atom is -0.384 e. The number of benzene rings is 1. The summed E-state index contributed by atoms with van der Waals surface area (Å²) < 4.78 is 0. The van der Waals surface area contributed by atoms with Crippen LogP contribution in [0.25, 0.3) is 0 Å². The van der Waals surface area contributed by atoms with Gasteiger partial charge >= 0.3 is 0 Å². The van der Waals surface area contributed by atoms with Crippen LogP contribution in [0.1, 0.15) is 21.6 Å². The van der Waals surface area contributed by atoms with E-state index in [1.54, 1.807) is 6.07 Å². The maximum atomic E-state index is 12.1. The maximum absolute atomic E-state index is 12.1. The number of aliphatic hydroxyl groups is 1. The first-order valence-electron chi connectivity index (χ1n) is 6.07. The first kappa shape index (κ1) is 15.5. The standard InChI is InChI=1S/C15H12Cl2N2O2/c1-9-4-5-12(10(7-9)3-2-6-20)19-15(21)13-8-11(16)14(17)18-13/h4-5,7-8,18,20H,6H2,1H3,(H,19,21). The van der Waals surface area contributed by atoms with Crippen molar-refractivity contribution in [2.24, 2.45) is 0 Å². The number of aromatic amines is 1. The lowest BCUT2D eigenvalue weighted by Gasteiger charge is -2.07. The third-order valence-corrected chi connectivity index (χ3v) is 3.39. The number of aryl methyl sites for hydroxylation is 1. The molecule has 0 saturated carbocycles. The van der Waals surface area contributed by atoms with Gasteiger partial charge in [0.1, 0.15) is 17.5 Å². The molecule has 108 valence electrons. The monoisotopic (exact) mass is 322 g/mol. The lowest BCUT2D eigenvalue weighted by molar-refractivity contribution is 0.102. The summed E-state index contributed by atoms with van der Waals surface area (Å²) in [6.45, 7) is 1.67. The SMILES string of the molecule is Cc1ccc(NC(=O)c2cc(Cl)c(Cl)[nH]2)c(C#CCO)c1. The molecule has 0 atom stereocenters. The Kier molecular flexibility index (Phi) is 4.92. The molecular weight excluding hydrogens is 311 g/mol. The van der Waals surface area contributed by atoms with Crippen LogP contribution >= 0.6 is 23.2 Å². The molecule has 0 unspecified atom stereocenters. The van der Waals surface area contributed by atoms with E-state index >= 15 is 0 Å². The van der Waals surface area contributed by atoms with Gasteiger partial charge in [0.25, 0.3) is 5.91 Å². The van der Waals surface area contributed by atoms with Crippen molar-refractivity contribution in [1.82, 2.24) is 4.98 Å². The van der Waals surface area contributed by atoms with Gasteiger partial charge in [-0.05, 0) is 30.7 Å². The highest BCUT2D eigenvalue weighted by Gasteiger charge is 2.13. The molecular formula is C15H12Cl2N2O2. The normalized spacial score (nSPS) is 9.90. The number of amides is 1. The first-order chi connectivity index (χ1) is 10.0. The lowest BCUT2D eigenvalue weighted by Crippen LogP contribution is -2.13. The van der Waals surface area contributed by atoms with Gasteiger partial charge in [0.15, 0.2) is 0 Å². The Hall–Kier alpha value is -1.93. The quantitative estimate of drug-likeness (QED) is 0.743. The second kappa shape index (κ2) is 6.68. The molecule has 0 spiro atoms. The molecule has 0 fully saturated rings. The van der Waals surface area contributed by atoms with Gasteiger partial charge in [-0.15, -0.1) is 0 Å². The molecule has 0 radical (unpaired) electrons. The highest BCUT2D eigenvalue weighted by atomic mass is 35.5. The number of aromatic nitrogens is 1. The number of hydrogen-bond donors (Lipinski definition) is 3. The van der Waals surface area contributed by atoms with E-state index in [0.29, 0.717) is 11.3 Å². The van der Waals surface area contributed by atoms with E-state index in [1.807, 2.05) is 19.1 Å². The molecule has 21 heavy (non-hydrogen) atoms. The van der Waals surface area contributed by atoms with Crippen LogP contribution in [0.5, 0.6) is 0 Å². The van der Waals surface area contributed by atoms with E-state index in [2.05, 4.69) is 22.1 Å². The number of H-pyrrole nitrogens is 1. The zero-order valence-electron chi connectivity index (χ0n) is 11.1. The number of hydrogen-bond acceptors (Lipinski definition) is 2. The first-order valence-corrected chi connectivity index (χ1v) is 6.82. The molecule has 0 aliphatic rings. The topological polar surface area (TPSA) is 65.1 Å². The average molecular weight is 323 g/mol. The zero-order chi connectivity index (χ0) is 15.4. The molecule has 1 heterocycles. The number of anilines is 1. The summed E-state index contributed by atoms with van der Waals surface area (Å²) in [5.74, 6) is 4.99. The molecule has 2 rings (SSSR count). The van der Waals surface area contributed by atoms with Gasteiger partial charge in [0, 0.05) is 5.56 Å². The van der Waals surface area contributed by atoms with E-state index in [4.69, 9.17) is 28.3 Å². The number of nitrogens with one attached hydrogen (secondary N) is 2. The summed E-state index contributed by atoms with van der Waals surface area (Å²) >= 11 is 11.6. The van der Waals surface area contributed by atoms with Gasteiger partial charge in [0.2, 0.25) is 0 Å². The summed E-state index contributed by atoms with van der Waals surface area (Å²) in [5, 5.41) is 12.0. The molecule has 0 saturated heterocycles. The minimum atomic E-state index is -0.375. The maximum Gasteiger partial charge on any atom is 0.272 e. The fourth-order valence-corrected chi connectivity index (χ4v) is 2.03. The summed E-state index contributed by atoms with van der Waals surface area (Å²) in [4.78, 5) is 14.8. The van der Waals surface area contributed by atoms with Crippen LogP contribution in [0, 0.1) is 18.8 Å². The van der Waals surface area contributed by atoms with Crippen molar-refractivity contribution >= 4 is 34.8 Å². The fraction of sp³-hybridized carbons (Fsp3) is 0.133. The molecule has 3 N–H and O–H groups in total. The van der Waals surface area contributed by atoms with Crippen molar-refractivity contribution in [2.75, 3.05) is 11.9 Å². The Bertz CT molecular complexity index is 722. The van der Waals surface area contributed by atoms with Gasteiger partial charge in [-0.3, -0.25) is 4.79 Å². The van der Waals surface area contributed by atoms with E-state index in [9.17, 15) is 4.79 Å². The molecule has 6 heteroatoms. The van der Waals surface area contributed by atoms with Crippen molar-refractivity contribution in [3.8, 4) is 11.8 Å². The molecule has 1 aromatic carbocycles. The second-order valence-corrected chi connectivity index (χ2v) is 5.09. The van der Waals surface area contributed by atoms with E-state index in [1.165, 1.54) is 6.07 Å². The van der Waals surface area contributed by atoms with Crippen molar-refractivity contribution in [3.05, 3.63) is 51.3 Å². The Morgan fingerprint density at radius 2 is 2.14 bits per heavy atom. The molecule has 0 bridgehead atoms. The number of halogens is 2. The molecule has 1 amide bonds. The van der Waals surface area contributed by atoms with Gasteiger partial charge in [-0.25, -0.2) is 0 Å². The summed E-state index contributed by atoms with van der Waals surface area (Å²) in [7, 11) is 0. The van der Waals surface area contributed by atoms with Crippen LogP contribution in [-0.2, 0) is 0 Å². The van der Waals surface area contributed by atoms with Crippen LogP contribution in [0.15, 0.2) is 24.3 Å². The average Bonchev–Trinajstić information content (AvgIpc) is 2.79. The van der Waals surface area contributed by atoms with Crippen LogP contribution in [0.2, 0.25) is 10.2 Å². The third-order valence-electron chi connectivity index (χ3n) is 2.70. The summed E-state index contributed by atoms with van der Waals surface area (Å²) in [6.07, 6.45) is 0. The number of rotatable bonds is 2. The summed E-state index contributed by atoms with van der Waals surface area (Å²) in [6, 6.07) is 6.88. The van der Waals surface area contributed by atoms with Crippen molar-refractivity contribution < 1.29 is 9.90 Å². The second-order valence-electron chi connectivity index (χ2n) is 4.31.